The van der Waals surface area contributed by atoms with Crippen molar-refractivity contribution < 1.29 is 19.1 Å². The highest BCUT2D eigenvalue weighted by atomic mass is 16.5. The summed E-state index contributed by atoms with van der Waals surface area (Å²) in [6.45, 7) is 4.25. The largest absolute Gasteiger partial charge is 0.375 e. The molecule has 0 radical (unpaired) electrons. The van der Waals surface area contributed by atoms with Crippen molar-refractivity contribution in [3.8, 4) is 0 Å². The fraction of sp³-hybridized carbons (Fsp3) is 0.909. The first-order valence-electron chi connectivity index (χ1n) is 11.4. The minimum atomic E-state index is -0.163. The summed E-state index contributed by atoms with van der Waals surface area (Å²) in [4.78, 5) is 28.8. The number of rotatable bonds is 5. The highest BCUT2D eigenvalue weighted by Crippen LogP contribution is 2.37. The zero-order valence-electron chi connectivity index (χ0n) is 17.2. The van der Waals surface area contributed by atoms with Crippen molar-refractivity contribution >= 4 is 11.8 Å². The Labute approximate surface area is 168 Å². The lowest BCUT2D eigenvalue weighted by Crippen LogP contribution is -2.52. The van der Waals surface area contributed by atoms with Gasteiger partial charge in [0.1, 0.15) is 6.61 Å². The number of hydrogen-bond acceptors (Lipinski definition) is 4. The molecule has 1 atom stereocenters. The lowest BCUT2D eigenvalue weighted by Gasteiger charge is -2.46. The van der Waals surface area contributed by atoms with E-state index < -0.39 is 0 Å². The molecular formula is C22H36N2O4. The van der Waals surface area contributed by atoms with E-state index in [1.165, 1.54) is 25.7 Å². The van der Waals surface area contributed by atoms with Crippen molar-refractivity contribution in [2.45, 2.75) is 82.3 Å². The van der Waals surface area contributed by atoms with Crippen molar-refractivity contribution in [3.05, 3.63) is 0 Å². The summed E-state index contributed by atoms with van der Waals surface area (Å²) in [5.41, 5.74) is -0.163. The third-order valence-electron chi connectivity index (χ3n) is 7.31. The lowest BCUT2D eigenvalue weighted by atomic mass is 9.83. The first-order valence-corrected chi connectivity index (χ1v) is 11.4. The maximum absolute atomic E-state index is 12.6. The maximum atomic E-state index is 12.6. The molecule has 28 heavy (non-hydrogen) atoms. The zero-order chi connectivity index (χ0) is 19.4. The van der Waals surface area contributed by atoms with Crippen LogP contribution in [0.3, 0.4) is 0 Å². The van der Waals surface area contributed by atoms with Crippen molar-refractivity contribution in [2.75, 3.05) is 39.4 Å². The molecule has 4 rings (SSSR count). The predicted octanol–water partition coefficient (Wildman–Crippen LogP) is 2.75. The Morgan fingerprint density at radius 1 is 0.893 bits per heavy atom. The number of likely N-dealkylation sites (tertiary alicyclic amines) is 2. The molecule has 3 heterocycles. The van der Waals surface area contributed by atoms with Gasteiger partial charge >= 0.3 is 0 Å². The zero-order valence-corrected chi connectivity index (χ0v) is 17.2. The van der Waals surface area contributed by atoms with Crippen LogP contribution in [0.4, 0.5) is 0 Å². The van der Waals surface area contributed by atoms with Gasteiger partial charge in [-0.1, -0.05) is 12.8 Å². The summed E-state index contributed by atoms with van der Waals surface area (Å²) in [5.74, 6) is 1.08. The molecule has 0 aromatic carbocycles. The van der Waals surface area contributed by atoms with Gasteiger partial charge in [-0.2, -0.15) is 0 Å². The molecule has 4 aliphatic rings. The Morgan fingerprint density at radius 3 is 2.29 bits per heavy atom. The third kappa shape index (κ3) is 4.88. The van der Waals surface area contributed by atoms with Gasteiger partial charge < -0.3 is 19.3 Å². The summed E-state index contributed by atoms with van der Waals surface area (Å²) < 4.78 is 12.2. The van der Waals surface area contributed by atoms with Crippen LogP contribution in [0.25, 0.3) is 0 Å². The number of piperidine rings is 1. The van der Waals surface area contributed by atoms with Crippen molar-refractivity contribution in [2.24, 2.45) is 5.92 Å². The Morgan fingerprint density at radius 2 is 1.57 bits per heavy atom. The van der Waals surface area contributed by atoms with Gasteiger partial charge in [0.05, 0.1) is 11.7 Å². The minimum absolute atomic E-state index is 0.0982. The molecule has 0 aromatic heterocycles. The van der Waals surface area contributed by atoms with Crippen LogP contribution in [0.1, 0.15) is 70.6 Å². The fourth-order valence-corrected chi connectivity index (χ4v) is 5.47. The SMILES string of the molecule is O=C(COC1CCOC2(CCN(C(=O)CC3CCCC3)CC2)C1)N1CCCC1. The summed E-state index contributed by atoms with van der Waals surface area (Å²) in [6, 6.07) is 0. The molecule has 6 heteroatoms. The number of ether oxygens (including phenoxy) is 2. The van der Waals surface area contributed by atoms with E-state index in [2.05, 4.69) is 0 Å². The number of hydrogen-bond donors (Lipinski definition) is 0. The van der Waals surface area contributed by atoms with Crippen molar-refractivity contribution in [1.29, 1.82) is 0 Å². The molecular weight excluding hydrogens is 356 g/mol. The molecule has 2 amide bonds. The third-order valence-corrected chi connectivity index (χ3v) is 7.31. The van der Waals surface area contributed by atoms with Gasteiger partial charge in [0.15, 0.2) is 0 Å². The van der Waals surface area contributed by atoms with Crippen LogP contribution >= 0.6 is 0 Å². The van der Waals surface area contributed by atoms with Gasteiger partial charge in [0.2, 0.25) is 11.8 Å². The highest BCUT2D eigenvalue weighted by molar-refractivity contribution is 5.77. The van der Waals surface area contributed by atoms with Gasteiger partial charge in [-0.25, -0.2) is 0 Å². The van der Waals surface area contributed by atoms with E-state index in [9.17, 15) is 9.59 Å². The smallest absolute Gasteiger partial charge is 0.248 e. The Bertz CT molecular complexity index is 547. The van der Waals surface area contributed by atoms with E-state index >= 15 is 0 Å². The van der Waals surface area contributed by atoms with Crippen molar-refractivity contribution in [1.82, 2.24) is 9.80 Å². The molecule has 158 valence electrons. The molecule has 3 saturated heterocycles. The molecule has 0 N–H and O–H groups in total. The van der Waals surface area contributed by atoms with Crippen LogP contribution < -0.4 is 0 Å². The molecule has 0 aromatic rings. The topological polar surface area (TPSA) is 59.1 Å². The predicted molar refractivity (Wildman–Crippen MR) is 106 cm³/mol. The van der Waals surface area contributed by atoms with E-state index in [0.717, 1.165) is 71.1 Å². The standard InChI is InChI=1S/C22H36N2O4/c25-20(15-18-5-1-2-6-18)24-12-8-22(9-13-24)16-19(7-14-28-22)27-17-21(26)23-10-3-4-11-23/h18-19H,1-17H2. The minimum Gasteiger partial charge on any atom is -0.375 e. The second-order valence-corrected chi connectivity index (χ2v) is 9.28. The summed E-state index contributed by atoms with van der Waals surface area (Å²) in [7, 11) is 0. The molecule has 1 aliphatic carbocycles. The molecule has 6 nitrogen and oxygen atoms in total. The molecule has 3 aliphatic heterocycles. The van der Waals surface area contributed by atoms with Crippen LogP contribution in [0.5, 0.6) is 0 Å². The summed E-state index contributed by atoms with van der Waals surface area (Å²) in [6.07, 6.45) is 11.6. The Balaban J connectivity index is 1.21. The van der Waals surface area contributed by atoms with E-state index in [-0.39, 0.29) is 24.2 Å². The number of carbonyl (C=O) groups is 2. The summed E-state index contributed by atoms with van der Waals surface area (Å²) >= 11 is 0. The van der Waals surface area contributed by atoms with E-state index in [1.54, 1.807) is 0 Å². The van der Waals surface area contributed by atoms with E-state index in [0.29, 0.717) is 18.4 Å². The first-order chi connectivity index (χ1) is 13.6. The number of carbonyl (C=O) groups excluding carboxylic acids is 2. The fourth-order valence-electron chi connectivity index (χ4n) is 5.47. The monoisotopic (exact) mass is 392 g/mol. The van der Waals surface area contributed by atoms with Crippen LogP contribution in [-0.2, 0) is 19.1 Å². The molecule has 0 bridgehead atoms. The molecule has 1 spiro atoms. The van der Waals surface area contributed by atoms with Gasteiger partial charge in [-0.15, -0.1) is 0 Å². The quantitative estimate of drug-likeness (QED) is 0.722. The lowest BCUT2D eigenvalue weighted by molar-refractivity contribution is -0.166. The maximum Gasteiger partial charge on any atom is 0.248 e. The summed E-state index contributed by atoms with van der Waals surface area (Å²) in [5, 5.41) is 0. The number of amides is 2. The Kier molecular flexibility index (Phi) is 6.56. The van der Waals surface area contributed by atoms with Gasteiger partial charge in [-0.3, -0.25) is 9.59 Å². The van der Waals surface area contributed by atoms with Crippen LogP contribution in [-0.4, -0.2) is 72.7 Å². The van der Waals surface area contributed by atoms with Gasteiger partial charge in [0, 0.05) is 45.6 Å². The second-order valence-electron chi connectivity index (χ2n) is 9.28. The van der Waals surface area contributed by atoms with Gasteiger partial charge in [0.25, 0.3) is 0 Å². The van der Waals surface area contributed by atoms with Crippen molar-refractivity contribution in [3.63, 3.8) is 0 Å². The normalized spacial score (nSPS) is 28.2. The second kappa shape index (κ2) is 9.12. The van der Waals surface area contributed by atoms with Crippen LogP contribution in [0.15, 0.2) is 0 Å². The average molecular weight is 393 g/mol. The average Bonchev–Trinajstić information content (AvgIpc) is 3.41. The van der Waals surface area contributed by atoms with E-state index in [1.807, 2.05) is 9.80 Å². The van der Waals surface area contributed by atoms with Gasteiger partial charge in [-0.05, 0) is 50.9 Å². The molecule has 1 saturated carbocycles. The molecule has 4 fully saturated rings. The van der Waals surface area contributed by atoms with E-state index in [4.69, 9.17) is 9.47 Å². The molecule has 1 unspecified atom stereocenters. The van der Waals surface area contributed by atoms with Crippen LogP contribution in [0.2, 0.25) is 0 Å². The van der Waals surface area contributed by atoms with Crippen LogP contribution in [0, 0.1) is 5.92 Å². The highest BCUT2D eigenvalue weighted by Gasteiger charge is 2.42. The first kappa shape index (κ1) is 20.1. The number of nitrogens with zero attached hydrogens (tertiary/aromatic N) is 2. The Hall–Kier alpha value is -1.14.